The topological polar surface area (TPSA) is 143 Å². The van der Waals surface area contributed by atoms with Crippen molar-refractivity contribution in [3.8, 4) is 0 Å². The summed E-state index contributed by atoms with van der Waals surface area (Å²) in [5, 5.41) is 11.4. The van der Waals surface area contributed by atoms with Crippen LogP contribution in [0.5, 0.6) is 0 Å². The maximum absolute atomic E-state index is 13.9. The molecular weight excluding hydrogens is 913 g/mol. The molecule has 4 unspecified atom stereocenters. The summed E-state index contributed by atoms with van der Waals surface area (Å²) in [5.74, 6) is 1.52. The average Bonchev–Trinajstić information content (AvgIpc) is 4.07. The highest BCUT2D eigenvalue weighted by Crippen LogP contribution is 2.46. The maximum atomic E-state index is 13.9. The first-order valence-corrected chi connectivity index (χ1v) is 31.2. The largest absolute Gasteiger partial charge is 0.464 e. The molecule has 2 aliphatic carbocycles. The molecule has 0 radical (unpaired) electrons. The van der Waals surface area contributed by atoms with Crippen molar-refractivity contribution in [3.05, 3.63) is 115 Å². The number of esters is 2. The zero-order chi connectivity index (χ0) is 52.3. The molecule has 1 N–H and O–H groups in total. The van der Waals surface area contributed by atoms with Crippen LogP contribution in [0.4, 0.5) is 0 Å². The highest BCUT2D eigenvalue weighted by atomic mass is 28.4. The van der Waals surface area contributed by atoms with E-state index in [0.717, 1.165) is 19.3 Å². The number of carbonyl (C=O) groups is 2. The summed E-state index contributed by atoms with van der Waals surface area (Å²) in [7, 11) is -2.95. The lowest BCUT2D eigenvalue weighted by molar-refractivity contribution is -0.0420. The van der Waals surface area contributed by atoms with Crippen LogP contribution in [0.25, 0.3) is 6.08 Å². The van der Waals surface area contributed by atoms with Gasteiger partial charge in [-0.2, -0.15) is 0 Å². The Morgan fingerprint density at radius 2 is 1.27 bits per heavy atom. The van der Waals surface area contributed by atoms with E-state index in [9.17, 15) is 14.7 Å². The highest BCUT2D eigenvalue weighted by molar-refractivity contribution is 6.74. The van der Waals surface area contributed by atoms with Crippen LogP contribution in [0.2, 0.25) is 36.3 Å². The van der Waals surface area contributed by atoms with Crippen molar-refractivity contribution in [2.45, 2.75) is 182 Å². The van der Waals surface area contributed by atoms with Crippen molar-refractivity contribution < 1.29 is 41.9 Å². The van der Waals surface area contributed by atoms with Crippen molar-refractivity contribution in [1.29, 1.82) is 0 Å². The van der Waals surface area contributed by atoms with E-state index in [2.05, 4.69) is 165 Å². The third kappa shape index (κ3) is 16.4. The Labute approximate surface area is 423 Å². The second kappa shape index (κ2) is 24.5. The molecule has 0 amide bonds. The number of hydrogen-bond donors (Lipinski definition) is 1. The molecule has 2 saturated carbocycles. The lowest BCUT2D eigenvalue weighted by Crippen LogP contribution is -2.51. The maximum Gasteiger partial charge on any atom is 0.360 e. The smallest absolute Gasteiger partial charge is 0.360 e. The predicted molar refractivity (Wildman–Crippen MR) is 287 cm³/mol. The molecule has 13 heteroatoms. The van der Waals surface area contributed by atoms with Gasteiger partial charge in [-0.1, -0.05) is 148 Å². The molecule has 0 spiro atoms. The number of rotatable bonds is 26. The van der Waals surface area contributed by atoms with Crippen molar-refractivity contribution in [2.75, 3.05) is 7.11 Å². The molecule has 2 fully saturated rings. The minimum absolute atomic E-state index is 0.0121. The van der Waals surface area contributed by atoms with Crippen LogP contribution in [0.3, 0.4) is 0 Å². The van der Waals surface area contributed by atoms with Gasteiger partial charge >= 0.3 is 11.9 Å². The summed E-state index contributed by atoms with van der Waals surface area (Å²) in [6, 6.07) is 0. The summed E-state index contributed by atoms with van der Waals surface area (Å²) < 4.78 is 36.0. The molecule has 0 bridgehead atoms. The Kier molecular flexibility index (Phi) is 20.5. The summed E-state index contributed by atoms with van der Waals surface area (Å²) in [6.07, 6.45) is 34.7. The van der Waals surface area contributed by atoms with Crippen molar-refractivity contribution >= 4 is 34.6 Å². The van der Waals surface area contributed by atoms with Gasteiger partial charge < -0.3 is 32.3 Å². The third-order valence-corrected chi connectivity index (χ3v) is 24.1. The van der Waals surface area contributed by atoms with E-state index in [-0.39, 0.29) is 33.7 Å². The molecule has 388 valence electrons. The SMILES string of the molecule is C/C=C/C(O[Si](C)(C)C(C)(C)C)C(C)(C)C(O)C/C=C\[C@@H]1C[C@@H]1C/C=C\Cc1nc(C(=O)OC(C/C=C\[C@H]2C[C@H]2/C=C/C=C\c2nc(C(=O)OC)co2)C(C)(C)C(/C=C/C)O[Si](C)(C)C(C)(C)C)co1. The van der Waals surface area contributed by atoms with Crippen molar-refractivity contribution in [1.82, 2.24) is 9.97 Å². The van der Waals surface area contributed by atoms with Crippen LogP contribution in [-0.2, 0) is 24.7 Å². The molecule has 4 rings (SSSR count). The number of oxazole rings is 2. The van der Waals surface area contributed by atoms with Gasteiger partial charge in [0.2, 0.25) is 5.89 Å². The molecular formula is C57H88N2O9Si2. The number of nitrogens with zero attached hydrogens (tertiary/aromatic N) is 2. The molecule has 0 saturated heterocycles. The Hall–Kier alpha value is -4.15. The van der Waals surface area contributed by atoms with Gasteiger partial charge in [-0.05, 0) is 99.5 Å². The third-order valence-electron chi connectivity index (χ3n) is 15.2. The van der Waals surface area contributed by atoms with E-state index in [1.807, 2.05) is 38.2 Å². The number of aromatic nitrogens is 2. The second-order valence-electron chi connectivity index (χ2n) is 23.6. The van der Waals surface area contributed by atoms with Gasteiger partial charge in [-0.15, -0.1) is 0 Å². The fourth-order valence-corrected chi connectivity index (χ4v) is 10.4. The zero-order valence-electron chi connectivity index (χ0n) is 45.7. The minimum Gasteiger partial charge on any atom is -0.464 e. The van der Waals surface area contributed by atoms with E-state index in [0.29, 0.717) is 54.7 Å². The van der Waals surface area contributed by atoms with E-state index in [1.165, 1.54) is 19.6 Å². The minimum atomic E-state index is -2.21. The summed E-state index contributed by atoms with van der Waals surface area (Å²) in [5.41, 5.74) is -0.766. The molecule has 2 heterocycles. The van der Waals surface area contributed by atoms with Crippen LogP contribution < -0.4 is 0 Å². The number of carbonyl (C=O) groups excluding carboxylic acids is 2. The fourth-order valence-electron chi connectivity index (χ4n) is 7.66. The Morgan fingerprint density at radius 3 is 1.87 bits per heavy atom. The molecule has 2 aromatic heterocycles. The Bertz CT molecular complexity index is 2220. The first kappa shape index (κ1) is 58.4. The number of ether oxygens (including phenoxy) is 2. The van der Waals surface area contributed by atoms with Gasteiger partial charge in [0.15, 0.2) is 33.9 Å². The van der Waals surface area contributed by atoms with Gasteiger partial charge in [0, 0.05) is 29.7 Å². The zero-order valence-corrected chi connectivity index (χ0v) is 47.7. The van der Waals surface area contributed by atoms with E-state index in [1.54, 1.807) is 6.08 Å². The van der Waals surface area contributed by atoms with Gasteiger partial charge in [-0.25, -0.2) is 19.6 Å². The van der Waals surface area contributed by atoms with Gasteiger partial charge in [-0.3, -0.25) is 0 Å². The summed E-state index contributed by atoms with van der Waals surface area (Å²) >= 11 is 0. The quantitative estimate of drug-likeness (QED) is 0.0416. The average molecular weight is 1000 g/mol. The molecule has 0 aromatic carbocycles. The lowest BCUT2D eigenvalue weighted by Gasteiger charge is -2.45. The molecule has 70 heavy (non-hydrogen) atoms. The molecule has 2 aliphatic rings. The number of aliphatic hydroxyl groups excluding tert-OH is 1. The van der Waals surface area contributed by atoms with Crippen LogP contribution in [0.15, 0.2) is 100 Å². The number of aliphatic hydroxyl groups is 1. The van der Waals surface area contributed by atoms with E-state index >= 15 is 0 Å². The molecule has 8 atom stereocenters. The number of methoxy groups -OCH3 is 1. The normalized spacial score (nSPS) is 21.6. The van der Waals surface area contributed by atoms with E-state index in [4.69, 9.17) is 22.4 Å². The summed E-state index contributed by atoms with van der Waals surface area (Å²) in [6.45, 7) is 34.9. The van der Waals surface area contributed by atoms with Crippen LogP contribution in [-0.4, -0.2) is 75.2 Å². The number of hydrogen-bond acceptors (Lipinski definition) is 11. The molecule has 2 aromatic rings. The number of allylic oxidation sites excluding steroid dienone is 9. The first-order chi connectivity index (χ1) is 32.6. The Morgan fingerprint density at radius 1 is 0.714 bits per heavy atom. The van der Waals surface area contributed by atoms with E-state index < -0.39 is 51.6 Å². The highest BCUT2D eigenvalue weighted by Gasteiger charge is 2.47. The van der Waals surface area contributed by atoms with Crippen LogP contribution in [0, 0.1) is 34.5 Å². The first-order valence-electron chi connectivity index (χ1n) is 25.4. The predicted octanol–water partition coefficient (Wildman–Crippen LogP) is 14.2. The lowest BCUT2D eigenvalue weighted by atomic mass is 9.79. The van der Waals surface area contributed by atoms with Crippen molar-refractivity contribution in [2.24, 2.45) is 34.5 Å². The molecule has 11 nitrogen and oxygen atoms in total. The van der Waals surface area contributed by atoms with Crippen LogP contribution >= 0.6 is 0 Å². The van der Waals surface area contributed by atoms with Crippen molar-refractivity contribution in [3.63, 3.8) is 0 Å². The Balaban J connectivity index is 1.34. The fraction of sp³-hybridized carbons (Fsp3) is 0.614. The molecule has 0 aliphatic heterocycles. The monoisotopic (exact) mass is 1000 g/mol. The van der Waals surface area contributed by atoms with Crippen LogP contribution in [0.1, 0.15) is 148 Å². The summed E-state index contributed by atoms with van der Waals surface area (Å²) in [4.78, 5) is 34.2. The second-order valence-corrected chi connectivity index (χ2v) is 33.1. The standard InChI is InChI=1S/C57H88N2O9Si2/c1-18-26-48(67-69(14,15)54(3,4)5)56(9,10)46(60)32-24-30-42-36-40(42)28-21-23-35-51-59-45(39-65-51)53(62)66-47(57(11,12)49(27-19-2)68-70(16,17)55(6,7)8)33-25-31-43-37-41(43)29-20-22-34-50-58-44(38-64-50)52(61)63-13/h18-27,29-31,34,38-43,46-49,60H,28,32-33,35-37H2,1-17H3/b23-21-,26-18+,27-19+,29-20+,30-24-,31-25-,34-22-/t40-,41+,42+,43-,46?,47?,48?,49?/m0/s1. The van der Waals surface area contributed by atoms with Gasteiger partial charge in [0.05, 0.1) is 25.4 Å². The van der Waals surface area contributed by atoms with Gasteiger partial charge in [0.25, 0.3) is 0 Å². The van der Waals surface area contributed by atoms with Gasteiger partial charge in [0.1, 0.15) is 18.6 Å².